The maximum absolute atomic E-state index is 11.2. The Morgan fingerprint density at radius 2 is 2.07 bits per heavy atom. The normalized spacial score (nSPS) is 13.3. The third kappa shape index (κ3) is 5.03. The average molecular weight is 234 g/mol. The lowest BCUT2D eigenvalue weighted by Gasteiger charge is -2.27. The molecule has 0 aliphatic rings. The van der Waals surface area contributed by atoms with Gasteiger partial charge in [-0.1, -0.05) is 0 Å². The van der Waals surface area contributed by atoms with Gasteiger partial charge in [0.05, 0.1) is 5.75 Å². The van der Waals surface area contributed by atoms with Crippen LogP contribution in [0.25, 0.3) is 0 Å². The van der Waals surface area contributed by atoms with E-state index in [0.717, 1.165) is 0 Å². The van der Waals surface area contributed by atoms with Crippen LogP contribution in [0.3, 0.4) is 0 Å². The zero-order valence-electron chi connectivity index (χ0n) is 9.24. The Balaban J connectivity index is 4.14. The highest BCUT2D eigenvalue weighted by atomic mass is 32.2. The summed E-state index contributed by atoms with van der Waals surface area (Å²) >= 11 is 1.25. The zero-order chi connectivity index (χ0) is 12.1. The summed E-state index contributed by atoms with van der Waals surface area (Å²) < 4.78 is -0.656. The highest BCUT2D eigenvalue weighted by molar-refractivity contribution is 8.01. The number of aliphatic carboxylic acids is 1. The molecule has 0 radical (unpaired) electrons. The SMILES string of the molecule is CCNC(=O)CSC(C)(C)[C@H](N)C(=O)O. The van der Waals surface area contributed by atoms with Crippen LogP contribution in [0.2, 0.25) is 0 Å². The second-order valence-corrected chi connectivity index (χ2v) is 5.29. The number of nitrogens with one attached hydrogen (secondary N) is 1. The highest BCUT2D eigenvalue weighted by Crippen LogP contribution is 2.27. The summed E-state index contributed by atoms with van der Waals surface area (Å²) in [7, 11) is 0. The number of rotatable bonds is 6. The molecule has 1 atom stereocenters. The lowest BCUT2D eigenvalue weighted by atomic mass is 10.1. The number of carboxylic acid groups (broad SMARTS) is 1. The Labute approximate surface area is 93.8 Å². The Morgan fingerprint density at radius 1 is 1.53 bits per heavy atom. The summed E-state index contributed by atoms with van der Waals surface area (Å²) in [6.07, 6.45) is 0. The standard InChI is InChI=1S/C9H18N2O3S/c1-4-11-6(12)5-15-9(2,3)7(10)8(13)14/h7H,4-5,10H2,1-3H3,(H,11,12)(H,13,14)/t7-/m1/s1. The van der Waals surface area contributed by atoms with E-state index in [1.807, 2.05) is 6.92 Å². The van der Waals surface area contributed by atoms with Crippen molar-refractivity contribution in [2.24, 2.45) is 5.73 Å². The van der Waals surface area contributed by atoms with Crippen molar-refractivity contribution in [3.63, 3.8) is 0 Å². The van der Waals surface area contributed by atoms with Gasteiger partial charge in [-0.05, 0) is 20.8 Å². The maximum atomic E-state index is 11.2. The van der Waals surface area contributed by atoms with Crippen molar-refractivity contribution in [2.45, 2.75) is 31.6 Å². The number of amides is 1. The maximum Gasteiger partial charge on any atom is 0.321 e. The summed E-state index contributed by atoms with van der Waals surface area (Å²) in [5, 5.41) is 11.4. The van der Waals surface area contributed by atoms with Gasteiger partial charge in [0.15, 0.2) is 0 Å². The van der Waals surface area contributed by atoms with E-state index in [1.165, 1.54) is 11.8 Å². The molecular formula is C9H18N2O3S. The molecule has 0 fully saturated rings. The summed E-state index contributed by atoms with van der Waals surface area (Å²) in [4.78, 5) is 21.8. The lowest BCUT2D eigenvalue weighted by molar-refractivity contribution is -0.139. The monoisotopic (exact) mass is 234 g/mol. The number of nitrogens with two attached hydrogens (primary N) is 1. The third-order valence-corrected chi connectivity index (χ3v) is 3.37. The Kier molecular flexibility index (Phi) is 5.67. The van der Waals surface area contributed by atoms with Crippen molar-refractivity contribution in [1.82, 2.24) is 5.32 Å². The van der Waals surface area contributed by atoms with Gasteiger partial charge in [0.25, 0.3) is 0 Å². The van der Waals surface area contributed by atoms with E-state index in [2.05, 4.69) is 5.32 Å². The van der Waals surface area contributed by atoms with E-state index in [0.29, 0.717) is 6.54 Å². The summed E-state index contributed by atoms with van der Waals surface area (Å²) in [6.45, 7) is 5.84. The van der Waals surface area contributed by atoms with Gasteiger partial charge in [-0.25, -0.2) is 0 Å². The second-order valence-electron chi connectivity index (χ2n) is 3.66. The van der Waals surface area contributed by atoms with Gasteiger partial charge in [0.2, 0.25) is 5.91 Å². The lowest BCUT2D eigenvalue weighted by Crippen LogP contribution is -2.47. The first kappa shape index (κ1) is 14.2. The van der Waals surface area contributed by atoms with E-state index in [9.17, 15) is 9.59 Å². The van der Waals surface area contributed by atoms with Crippen molar-refractivity contribution >= 4 is 23.6 Å². The fourth-order valence-electron chi connectivity index (χ4n) is 0.887. The van der Waals surface area contributed by atoms with E-state index in [1.54, 1.807) is 13.8 Å². The Hall–Kier alpha value is -0.750. The number of hydrogen-bond acceptors (Lipinski definition) is 4. The largest absolute Gasteiger partial charge is 0.480 e. The number of carboxylic acids is 1. The molecule has 0 saturated carbocycles. The van der Waals surface area contributed by atoms with Gasteiger partial charge in [-0.15, -0.1) is 11.8 Å². The smallest absolute Gasteiger partial charge is 0.321 e. The van der Waals surface area contributed by atoms with Crippen molar-refractivity contribution in [3.8, 4) is 0 Å². The van der Waals surface area contributed by atoms with Crippen LogP contribution < -0.4 is 11.1 Å². The van der Waals surface area contributed by atoms with Crippen molar-refractivity contribution < 1.29 is 14.7 Å². The van der Waals surface area contributed by atoms with Crippen molar-refractivity contribution in [3.05, 3.63) is 0 Å². The van der Waals surface area contributed by atoms with Crippen LogP contribution in [0.4, 0.5) is 0 Å². The van der Waals surface area contributed by atoms with E-state index in [-0.39, 0.29) is 11.7 Å². The molecule has 6 heteroatoms. The molecule has 1 amide bonds. The first-order valence-corrected chi connectivity index (χ1v) is 5.69. The molecule has 0 aromatic rings. The molecule has 0 aromatic carbocycles. The van der Waals surface area contributed by atoms with E-state index < -0.39 is 16.8 Å². The highest BCUT2D eigenvalue weighted by Gasteiger charge is 2.32. The molecule has 0 spiro atoms. The number of carbonyl (C=O) groups excluding carboxylic acids is 1. The second kappa shape index (κ2) is 5.97. The van der Waals surface area contributed by atoms with Gasteiger partial charge in [-0.2, -0.15) is 0 Å². The zero-order valence-corrected chi connectivity index (χ0v) is 10.1. The van der Waals surface area contributed by atoms with Gasteiger partial charge in [0, 0.05) is 11.3 Å². The van der Waals surface area contributed by atoms with Crippen molar-refractivity contribution in [1.29, 1.82) is 0 Å². The summed E-state index contributed by atoms with van der Waals surface area (Å²) in [5.74, 6) is -0.932. The molecule has 0 bridgehead atoms. The van der Waals surface area contributed by atoms with Crippen LogP contribution in [-0.2, 0) is 9.59 Å². The molecule has 0 heterocycles. The minimum atomic E-state index is -1.05. The molecular weight excluding hydrogens is 216 g/mol. The van der Waals surface area contributed by atoms with Crippen LogP contribution in [0, 0.1) is 0 Å². The number of carbonyl (C=O) groups is 2. The van der Waals surface area contributed by atoms with Crippen LogP contribution in [0.15, 0.2) is 0 Å². The Bertz CT molecular complexity index is 244. The van der Waals surface area contributed by atoms with Gasteiger partial charge in [0.1, 0.15) is 6.04 Å². The first-order valence-electron chi connectivity index (χ1n) is 4.70. The molecule has 0 aliphatic heterocycles. The predicted octanol–water partition coefficient (Wildman–Crippen LogP) is 0.0462. The molecule has 5 nitrogen and oxygen atoms in total. The minimum absolute atomic E-state index is 0.104. The summed E-state index contributed by atoms with van der Waals surface area (Å²) in [6, 6.07) is -0.975. The molecule has 0 aliphatic carbocycles. The molecule has 0 unspecified atom stereocenters. The summed E-state index contributed by atoms with van der Waals surface area (Å²) in [5.41, 5.74) is 5.50. The molecule has 0 saturated heterocycles. The number of thioether (sulfide) groups is 1. The van der Waals surface area contributed by atoms with Crippen LogP contribution in [-0.4, -0.2) is 40.1 Å². The predicted molar refractivity (Wildman–Crippen MR) is 60.8 cm³/mol. The average Bonchev–Trinajstić information content (AvgIpc) is 2.14. The third-order valence-electron chi connectivity index (χ3n) is 1.96. The van der Waals surface area contributed by atoms with Crippen LogP contribution in [0.5, 0.6) is 0 Å². The quantitative estimate of drug-likeness (QED) is 0.603. The van der Waals surface area contributed by atoms with Gasteiger partial charge >= 0.3 is 5.97 Å². The van der Waals surface area contributed by atoms with E-state index >= 15 is 0 Å². The molecule has 4 N–H and O–H groups in total. The van der Waals surface area contributed by atoms with Crippen LogP contribution >= 0.6 is 11.8 Å². The first-order chi connectivity index (χ1) is 6.81. The number of hydrogen-bond donors (Lipinski definition) is 3. The Morgan fingerprint density at radius 3 is 2.47 bits per heavy atom. The molecule has 0 aromatic heterocycles. The minimum Gasteiger partial charge on any atom is -0.480 e. The molecule has 15 heavy (non-hydrogen) atoms. The fraction of sp³-hybridized carbons (Fsp3) is 0.778. The van der Waals surface area contributed by atoms with Crippen LogP contribution in [0.1, 0.15) is 20.8 Å². The van der Waals surface area contributed by atoms with Gasteiger partial charge in [-0.3, -0.25) is 9.59 Å². The molecule has 0 rings (SSSR count). The van der Waals surface area contributed by atoms with E-state index in [4.69, 9.17) is 10.8 Å². The van der Waals surface area contributed by atoms with Gasteiger partial charge < -0.3 is 16.2 Å². The molecule has 88 valence electrons. The van der Waals surface area contributed by atoms with Crippen molar-refractivity contribution in [2.75, 3.05) is 12.3 Å². The topological polar surface area (TPSA) is 92.4 Å². The fourth-order valence-corrected chi connectivity index (χ4v) is 1.77.